The third-order valence-electron chi connectivity index (χ3n) is 3.10. The van der Waals surface area contributed by atoms with Crippen LogP contribution in [0.15, 0.2) is 40.9 Å². The Balaban J connectivity index is 2.03. The van der Waals surface area contributed by atoms with Crippen molar-refractivity contribution in [3.05, 3.63) is 40.9 Å². The molecule has 23 heavy (non-hydrogen) atoms. The Morgan fingerprint density at radius 2 is 2.13 bits per heavy atom. The fourth-order valence-electron chi connectivity index (χ4n) is 2.11. The largest absolute Gasteiger partial charge is 0.546 e. The number of para-hydroxylation sites is 1. The van der Waals surface area contributed by atoms with E-state index in [0.717, 1.165) is 20.8 Å². The molecule has 0 saturated heterocycles. The zero-order valence-electron chi connectivity index (χ0n) is 12.0. The molecule has 0 aliphatic rings. The van der Waals surface area contributed by atoms with E-state index in [-0.39, 0.29) is 0 Å². The maximum Gasteiger partial charge on any atom is 0.175 e. The molecule has 1 heterocycles. The van der Waals surface area contributed by atoms with Crippen molar-refractivity contribution in [3.8, 4) is 22.1 Å². The first-order valence-electron chi connectivity index (χ1n) is 6.64. The van der Waals surface area contributed by atoms with Crippen molar-refractivity contribution in [1.29, 1.82) is 0 Å². The zero-order valence-corrected chi connectivity index (χ0v) is 14.4. The molecular weight excluding hydrogens is 382 g/mol. The molecule has 3 rings (SSSR count). The number of halogens is 1. The van der Waals surface area contributed by atoms with E-state index in [1.165, 1.54) is 7.11 Å². The molecule has 0 radical (unpaired) electrons. The Hall–Kier alpha value is -2.12. The Morgan fingerprint density at radius 3 is 2.83 bits per heavy atom. The summed E-state index contributed by atoms with van der Waals surface area (Å²) in [5.41, 5.74) is 1.79. The molecule has 118 valence electrons. The number of aliphatic carboxylic acids is 1. The maximum absolute atomic E-state index is 10.6. The number of carbonyl (C=O) groups is 1. The number of aromatic nitrogens is 1. The summed E-state index contributed by atoms with van der Waals surface area (Å²) in [6.45, 7) is -0.546. The molecule has 0 aliphatic carbocycles. The summed E-state index contributed by atoms with van der Waals surface area (Å²) in [6, 6.07) is 11.5. The third kappa shape index (κ3) is 3.30. The van der Waals surface area contributed by atoms with Crippen molar-refractivity contribution in [2.24, 2.45) is 0 Å². The van der Waals surface area contributed by atoms with Crippen LogP contribution in [0.25, 0.3) is 20.8 Å². The molecule has 0 unspecified atom stereocenters. The number of hydrogen-bond acceptors (Lipinski definition) is 6. The van der Waals surface area contributed by atoms with Crippen LogP contribution >= 0.6 is 27.3 Å². The predicted octanol–water partition coefficient (Wildman–Crippen LogP) is 2.86. The van der Waals surface area contributed by atoms with E-state index in [2.05, 4.69) is 20.9 Å². The van der Waals surface area contributed by atoms with E-state index in [1.54, 1.807) is 17.4 Å². The van der Waals surface area contributed by atoms with Crippen LogP contribution in [0.4, 0.5) is 0 Å². The number of ether oxygens (including phenoxy) is 2. The molecule has 0 amide bonds. The minimum atomic E-state index is -1.30. The summed E-state index contributed by atoms with van der Waals surface area (Å²) in [6.07, 6.45) is 0. The molecule has 5 nitrogen and oxygen atoms in total. The lowest BCUT2D eigenvalue weighted by Gasteiger charge is -2.14. The SMILES string of the molecule is COc1cc(-c2nc3ccccc3s2)cc(Br)c1OCC(=O)[O-]. The van der Waals surface area contributed by atoms with Crippen LogP contribution in [0.5, 0.6) is 11.5 Å². The second-order valence-electron chi connectivity index (χ2n) is 4.64. The van der Waals surface area contributed by atoms with E-state index in [9.17, 15) is 9.90 Å². The van der Waals surface area contributed by atoms with Gasteiger partial charge in [-0.3, -0.25) is 0 Å². The molecule has 0 atom stereocenters. The second kappa shape index (κ2) is 6.55. The first-order chi connectivity index (χ1) is 11.1. The summed E-state index contributed by atoms with van der Waals surface area (Å²) in [4.78, 5) is 15.2. The number of nitrogens with zero attached hydrogens (tertiary/aromatic N) is 1. The summed E-state index contributed by atoms with van der Waals surface area (Å²) in [5, 5.41) is 11.4. The van der Waals surface area contributed by atoms with Crippen LogP contribution < -0.4 is 14.6 Å². The van der Waals surface area contributed by atoms with Gasteiger partial charge in [-0.05, 0) is 40.2 Å². The summed E-state index contributed by atoms with van der Waals surface area (Å²) < 4.78 is 12.2. The van der Waals surface area contributed by atoms with Crippen LogP contribution in [-0.4, -0.2) is 24.7 Å². The number of benzene rings is 2. The monoisotopic (exact) mass is 392 g/mol. The van der Waals surface area contributed by atoms with E-state index >= 15 is 0 Å². The molecule has 0 fully saturated rings. The lowest BCUT2D eigenvalue weighted by molar-refractivity contribution is -0.307. The third-order valence-corrected chi connectivity index (χ3v) is 4.78. The smallest absolute Gasteiger partial charge is 0.175 e. The van der Waals surface area contributed by atoms with Gasteiger partial charge in [-0.15, -0.1) is 11.3 Å². The van der Waals surface area contributed by atoms with Gasteiger partial charge in [-0.25, -0.2) is 4.98 Å². The fourth-order valence-corrected chi connectivity index (χ4v) is 3.62. The van der Waals surface area contributed by atoms with Crippen LogP contribution in [0, 0.1) is 0 Å². The minimum Gasteiger partial charge on any atom is -0.546 e. The van der Waals surface area contributed by atoms with Crippen molar-refractivity contribution < 1.29 is 19.4 Å². The average molecular weight is 393 g/mol. The minimum absolute atomic E-state index is 0.321. The van der Waals surface area contributed by atoms with Gasteiger partial charge < -0.3 is 19.4 Å². The molecular formula is C16H11BrNO4S-. The van der Waals surface area contributed by atoms with E-state index in [1.807, 2.05) is 30.3 Å². The van der Waals surface area contributed by atoms with Crippen LogP contribution in [0.3, 0.4) is 0 Å². The number of thiazole rings is 1. The Bertz CT molecular complexity index is 845. The quantitative estimate of drug-likeness (QED) is 0.667. The highest BCUT2D eigenvalue weighted by atomic mass is 79.9. The number of rotatable bonds is 5. The van der Waals surface area contributed by atoms with Crippen LogP contribution in [0.1, 0.15) is 0 Å². The van der Waals surface area contributed by atoms with Crippen LogP contribution in [-0.2, 0) is 4.79 Å². The molecule has 0 saturated carbocycles. The van der Waals surface area contributed by atoms with Crippen molar-refractivity contribution in [2.45, 2.75) is 0 Å². The molecule has 1 aromatic heterocycles. The number of fused-ring (bicyclic) bond motifs is 1. The highest BCUT2D eigenvalue weighted by Gasteiger charge is 2.15. The maximum atomic E-state index is 10.6. The van der Waals surface area contributed by atoms with Crippen molar-refractivity contribution >= 4 is 43.5 Å². The summed E-state index contributed by atoms with van der Waals surface area (Å²) >= 11 is 4.96. The van der Waals surface area contributed by atoms with E-state index in [4.69, 9.17) is 9.47 Å². The number of carbonyl (C=O) groups excluding carboxylic acids is 1. The Kier molecular flexibility index (Phi) is 4.49. The Morgan fingerprint density at radius 1 is 1.35 bits per heavy atom. The van der Waals surface area contributed by atoms with Gasteiger partial charge in [0.1, 0.15) is 11.6 Å². The number of carboxylic acids is 1. The van der Waals surface area contributed by atoms with Crippen molar-refractivity contribution in [2.75, 3.05) is 13.7 Å². The molecule has 2 aromatic carbocycles. The van der Waals surface area contributed by atoms with Gasteiger partial charge in [0.15, 0.2) is 11.5 Å². The number of hydrogen-bond donors (Lipinski definition) is 0. The van der Waals surface area contributed by atoms with Gasteiger partial charge in [0.05, 0.1) is 27.8 Å². The molecule has 3 aromatic rings. The first kappa shape index (κ1) is 15.8. The van der Waals surface area contributed by atoms with Crippen molar-refractivity contribution in [1.82, 2.24) is 4.98 Å². The van der Waals surface area contributed by atoms with E-state index < -0.39 is 12.6 Å². The average Bonchev–Trinajstić information content (AvgIpc) is 2.96. The Labute approximate surface area is 144 Å². The lowest BCUT2D eigenvalue weighted by atomic mass is 10.2. The second-order valence-corrected chi connectivity index (χ2v) is 6.52. The van der Waals surface area contributed by atoms with Crippen LogP contribution in [0.2, 0.25) is 0 Å². The lowest BCUT2D eigenvalue weighted by Crippen LogP contribution is -2.29. The summed E-state index contributed by atoms with van der Waals surface area (Å²) in [5.74, 6) is -0.550. The highest BCUT2D eigenvalue weighted by Crippen LogP contribution is 2.41. The molecule has 0 aliphatic heterocycles. The number of methoxy groups -OCH3 is 1. The summed E-state index contributed by atoms with van der Waals surface area (Å²) in [7, 11) is 1.50. The predicted molar refractivity (Wildman–Crippen MR) is 89.8 cm³/mol. The molecule has 0 N–H and O–H groups in total. The van der Waals surface area contributed by atoms with Gasteiger partial charge >= 0.3 is 0 Å². The van der Waals surface area contributed by atoms with Gasteiger partial charge in [0, 0.05) is 5.56 Å². The first-order valence-corrected chi connectivity index (χ1v) is 8.25. The van der Waals surface area contributed by atoms with Gasteiger partial charge in [0.2, 0.25) is 0 Å². The standard InChI is InChI=1S/C16H12BrNO4S/c1-21-12-7-9(6-10(17)15(12)22-8-14(19)20)16-18-11-4-2-3-5-13(11)23-16/h2-7H,8H2,1H3,(H,19,20)/p-1. The number of carboxylic acid groups (broad SMARTS) is 1. The molecule has 7 heteroatoms. The van der Waals surface area contributed by atoms with Gasteiger partial charge in [-0.1, -0.05) is 12.1 Å². The van der Waals surface area contributed by atoms with Gasteiger partial charge in [0.25, 0.3) is 0 Å². The van der Waals surface area contributed by atoms with E-state index in [0.29, 0.717) is 16.0 Å². The zero-order chi connectivity index (χ0) is 16.4. The normalized spacial score (nSPS) is 10.7. The molecule has 0 bridgehead atoms. The van der Waals surface area contributed by atoms with Crippen molar-refractivity contribution in [3.63, 3.8) is 0 Å². The highest BCUT2D eigenvalue weighted by molar-refractivity contribution is 9.10. The fraction of sp³-hybridized carbons (Fsp3) is 0.125. The molecule has 0 spiro atoms. The topological polar surface area (TPSA) is 71.5 Å². The van der Waals surface area contributed by atoms with Gasteiger partial charge in [-0.2, -0.15) is 0 Å².